The Balaban J connectivity index is 2.09. The minimum absolute atomic E-state index is 0.0144. The van der Waals surface area contributed by atoms with Crippen molar-refractivity contribution in [1.29, 1.82) is 0 Å². The van der Waals surface area contributed by atoms with E-state index in [0.29, 0.717) is 21.6 Å². The van der Waals surface area contributed by atoms with Crippen LogP contribution in [-0.4, -0.2) is 9.67 Å². The van der Waals surface area contributed by atoms with Crippen LogP contribution in [0.25, 0.3) is 10.9 Å². The molecule has 0 unspecified atom stereocenters. The number of aromatic nitrogens is 1. The van der Waals surface area contributed by atoms with Crippen LogP contribution < -0.4 is 0 Å². The number of fused-ring (bicyclic) bond motifs is 1. The maximum absolute atomic E-state index is 9.49. The summed E-state index contributed by atoms with van der Waals surface area (Å²) in [7, 11) is 0. The lowest BCUT2D eigenvalue weighted by Gasteiger charge is -2.08. The highest BCUT2D eigenvalue weighted by Gasteiger charge is 2.10. The summed E-state index contributed by atoms with van der Waals surface area (Å²) in [5.74, 6) is 0. The second kappa shape index (κ2) is 5.90. The summed E-state index contributed by atoms with van der Waals surface area (Å²) in [4.78, 5) is 0. The normalized spacial score (nSPS) is 11.2. The molecule has 0 spiro atoms. The van der Waals surface area contributed by atoms with Crippen LogP contribution in [0, 0.1) is 0 Å². The lowest BCUT2D eigenvalue weighted by atomic mass is 10.2. The Kier molecular flexibility index (Phi) is 4.14. The van der Waals surface area contributed by atoms with E-state index < -0.39 is 0 Å². The average Bonchev–Trinajstić information content (AvgIpc) is 2.79. The van der Waals surface area contributed by atoms with Gasteiger partial charge in [-0.25, -0.2) is 0 Å². The monoisotopic (exact) mass is 339 g/mol. The molecule has 2 nitrogen and oxygen atoms in total. The molecule has 1 aromatic heterocycles. The molecule has 0 atom stereocenters. The van der Waals surface area contributed by atoms with E-state index in [1.165, 1.54) is 0 Å². The van der Waals surface area contributed by atoms with Crippen molar-refractivity contribution in [1.82, 2.24) is 4.57 Å². The van der Waals surface area contributed by atoms with E-state index in [4.69, 9.17) is 34.8 Å². The zero-order chi connectivity index (χ0) is 15.0. The third-order valence-electron chi connectivity index (χ3n) is 3.45. The van der Waals surface area contributed by atoms with Gasteiger partial charge in [0, 0.05) is 38.8 Å². The van der Waals surface area contributed by atoms with Gasteiger partial charge < -0.3 is 9.67 Å². The lowest BCUT2D eigenvalue weighted by Crippen LogP contribution is -1.98. The van der Waals surface area contributed by atoms with E-state index >= 15 is 0 Å². The predicted molar refractivity (Wildman–Crippen MR) is 88.4 cm³/mol. The van der Waals surface area contributed by atoms with Gasteiger partial charge in [-0.3, -0.25) is 0 Å². The molecule has 5 heteroatoms. The fraction of sp³-hybridized carbons (Fsp3) is 0.125. The zero-order valence-corrected chi connectivity index (χ0v) is 13.3. The van der Waals surface area contributed by atoms with E-state index in [0.717, 1.165) is 22.0 Å². The van der Waals surface area contributed by atoms with Gasteiger partial charge in [0.2, 0.25) is 0 Å². The van der Waals surface area contributed by atoms with Crippen LogP contribution in [0.3, 0.4) is 0 Å². The molecule has 2 aromatic carbocycles. The van der Waals surface area contributed by atoms with Gasteiger partial charge in [-0.15, -0.1) is 0 Å². The molecule has 0 amide bonds. The number of hydrogen-bond donors (Lipinski definition) is 1. The van der Waals surface area contributed by atoms with Gasteiger partial charge in [-0.05, 0) is 29.8 Å². The third kappa shape index (κ3) is 2.90. The number of rotatable bonds is 3. The molecule has 3 aromatic rings. The molecule has 1 heterocycles. The van der Waals surface area contributed by atoms with Crippen molar-refractivity contribution in [2.24, 2.45) is 0 Å². The number of benzene rings is 2. The van der Waals surface area contributed by atoms with Gasteiger partial charge in [0.25, 0.3) is 0 Å². The van der Waals surface area contributed by atoms with Crippen molar-refractivity contribution in [2.75, 3.05) is 0 Å². The van der Waals surface area contributed by atoms with Gasteiger partial charge in [-0.1, -0.05) is 46.9 Å². The first kappa shape index (κ1) is 14.7. The first-order valence-corrected chi connectivity index (χ1v) is 7.54. The summed E-state index contributed by atoms with van der Waals surface area (Å²) >= 11 is 18.2. The quantitative estimate of drug-likeness (QED) is 0.701. The van der Waals surface area contributed by atoms with Crippen LogP contribution in [0.1, 0.15) is 11.1 Å². The van der Waals surface area contributed by atoms with Crippen molar-refractivity contribution in [2.45, 2.75) is 13.2 Å². The highest BCUT2D eigenvalue weighted by molar-refractivity contribution is 6.35. The molecular formula is C16H12Cl3NO. The molecule has 3 rings (SSSR count). The Morgan fingerprint density at radius 2 is 1.62 bits per heavy atom. The lowest BCUT2D eigenvalue weighted by molar-refractivity contribution is 0.283. The van der Waals surface area contributed by atoms with Crippen molar-refractivity contribution in [3.05, 3.63) is 68.8 Å². The van der Waals surface area contributed by atoms with E-state index in [1.807, 2.05) is 41.1 Å². The van der Waals surface area contributed by atoms with Crippen LogP contribution >= 0.6 is 34.8 Å². The van der Waals surface area contributed by atoms with E-state index in [1.54, 1.807) is 6.07 Å². The van der Waals surface area contributed by atoms with Gasteiger partial charge in [0.1, 0.15) is 0 Å². The van der Waals surface area contributed by atoms with Crippen molar-refractivity contribution < 1.29 is 5.11 Å². The van der Waals surface area contributed by atoms with E-state index in [-0.39, 0.29) is 6.61 Å². The maximum atomic E-state index is 9.49. The second-order valence-corrected chi connectivity index (χ2v) is 6.12. The predicted octanol–water partition coefficient (Wildman–Crippen LogP) is 5.14. The van der Waals surface area contributed by atoms with E-state index in [2.05, 4.69) is 0 Å². The molecular weight excluding hydrogens is 329 g/mol. The van der Waals surface area contributed by atoms with Crippen molar-refractivity contribution >= 4 is 45.7 Å². The smallest absolute Gasteiger partial charge is 0.0702 e. The second-order valence-electron chi connectivity index (χ2n) is 4.84. The Morgan fingerprint density at radius 3 is 2.33 bits per heavy atom. The van der Waals surface area contributed by atoms with E-state index in [9.17, 15) is 5.11 Å². The molecule has 0 radical (unpaired) electrons. The molecule has 0 saturated heterocycles. The van der Waals surface area contributed by atoms with Crippen LogP contribution in [0.5, 0.6) is 0 Å². The summed E-state index contributed by atoms with van der Waals surface area (Å²) in [6.07, 6.45) is 1.92. The molecule has 21 heavy (non-hydrogen) atoms. The fourth-order valence-corrected chi connectivity index (χ4v) is 3.07. The summed E-state index contributed by atoms with van der Waals surface area (Å²) in [5, 5.41) is 12.4. The third-order valence-corrected chi connectivity index (χ3v) is 4.28. The fourth-order valence-electron chi connectivity index (χ4n) is 2.43. The molecule has 0 bridgehead atoms. The molecule has 0 aliphatic carbocycles. The first-order valence-electron chi connectivity index (χ1n) is 6.40. The summed E-state index contributed by atoms with van der Waals surface area (Å²) in [6, 6.07) is 11.1. The van der Waals surface area contributed by atoms with Gasteiger partial charge in [0.15, 0.2) is 0 Å². The van der Waals surface area contributed by atoms with Crippen LogP contribution in [0.15, 0.2) is 42.6 Å². The molecule has 0 saturated carbocycles. The molecule has 0 fully saturated rings. The molecule has 0 aliphatic heterocycles. The molecule has 0 aliphatic rings. The minimum atomic E-state index is -0.0144. The van der Waals surface area contributed by atoms with Crippen molar-refractivity contribution in [3.63, 3.8) is 0 Å². The largest absolute Gasteiger partial charge is 0.392 e. The highest BCUT2D eigenvalue weighted by atomic mass is 35.5. The summed E-state index contributed by atoms with van der Waals surface area (Å²) < 4.78 is 2.03. The number of halogens is 3. The van der Waals surface area contributed by atoms with Crippen LogP contribution in [0.2, 0.25) is 15.1 Å². The Morgan fingerprint density at radius 1 is 0.905 bits per heavy atom. The average molecular weight is 341 g/mol. The zero-order valence-electron chi connectivity index (χ0n) is 11.0. The Hall–Kier alpha value is -1.19. The topological polar surface area (TPSA) is 25.2 Å². The summed E-state index contributed by atoms with van der Waals surface area (Å²) in [6.45, 7) is 0.576. The maximum Gasteiger partial charge on any atom is 0.0702 e. The molecule has 108 valence electrons. The standard InChI is InChI=1S/C16H12Cl3NO/c17-12-2-1-10(15(19)5-12)7-20-8-11(9-21)14-4-3-13(18)6-16(14)20/h1-6,8,21H,7,9H2. The number of aliphatic hydroxyl groups excluding tert-OH is 1. The Bertz CT molecular complexity index is 811. The number of nitrogens with zero attached hydrogens (tertiary/aromatic N) is 1. The minimum Gasteiger partial charge on any atom is -0.392 e. The van der Waals surface area contributed by atoms with Gasteiger partial charge in [-0.2, -0.15) is 0 Å². The Labute approximate surface area is 137 Å². The van der Waals surface area contributed by atoms with Crippen LogP contribution in [-0.2, 0) is 13.2 Å². The van der Waals surface area contributed by atoms with Gasteiger partial charge in [0.05, 0.1) is 12.1 Å². The number of hydrogen-bond acceptors (Lipinski definition) is 1. The SMILES string of the molecule is OCc1cn(Cc2ccc(Cl)cc2Cl)c2cc(Cl)ccc12. The van der Waals surface area contributed by atoms with Crippen LogP contribution in [0.4, 0.5) is 0 Å². The van der Waals surface area contributed by atoms with Gasteiger partial charge >= 0.3 is 0 Å². The summed E-state index contributed by atoms with van der Waals surface area (Å²) in [5.41, 5.74) is 2.80. The first-order chi connectivity index (χ1) is 10.1. The number of aliphatic hydroxyl groups is 1. The highest BCUT2D eigenvalue weighted by Crippen LogP contribution is 2.28. The molecule has 1 N–H and O–H groups in total. The van der Waals surface area contributed by atoms with Crippen molar-refractivity contribution in [3.8, 4) is 0 Å².